The molecule has 7 nitrogen and oxygen atoms in total. The van der Waals surface area contributed by atoms with Crippen LogP contribution in [0.1, 0.15) is 32.2 Å². The van der Waals surface area contributed by atoms with Crippen molar-refractivity contribution < 1.29 is 9.21 Å². The lowest BCUT2D eigenvalue weighted by Crippen LogP contribution is -2.28. The highest BCUT2D eigenvalue weighted by Gasteiger charge is 2.20. The predicted molar refractivity (Wildman–Crippen MR) is 66.2 cm³/mol. The molecule has 0 radical (unpaired) electrons. The molecule has 2 rings (SSSR count). The fourth-order valence-electron chi connectivity index (χ4n) is 1.88. The molecule has 1 aliphatic rings. The highest BCUT2D eigenvalue weighted by Crippen LogP contribution is 2.17. The summed E-state index contributed by atoms with van der Waals surface area (Å²) in [6.07, 6.45) is 0.459. The Hall–Kier alpha value is -1.63. The number of aromatic nitrogens is 2. The maximum Gasteiger partial charge on any atom is 0.318 e. The van der Waals surface area contributed by atoms with E-state index in [9.17, 15) is 4.79 Å². The first-order valence-corrected chi connectivity index (χ1v) is 6.29. The molecular weight excluding hydrogens is 234 g/mol. The van der Waals surface area contributed by atoms with E-state index in [-0.39, 0.29) is 11.9 Å². The van der Waals surface area contributed by atoms with Gasteiger partial charge in [0.15, 0.2) is 0 Å². The van der Waals surface area contributed by atoms with Gasteiger partial charge in [-0.3, -0.25) is 4.79 Å². The minimum absolute atomic E-state index is 0.0444. The third-order valence-electron chi connectivity index (χ3n) is 2.89. The largest absolute Gasteiger partial charge is 0.406 e. The van der Waals surface area contributed by atoms with Gasteiger partial charge in [0, 0.05) is 26.1 Å². The minimum Gasteiger partial charge on any atom is -0.406 e. The van der Waals surface area contributed by atoms with Gasteiger partial charge in [-0.2, -0.15) is 0 Å². The molecule has 1 saturated heterocycles. The Morgan fingerprint density at radius 2 is 2.33 bits per heavy atom. The first-order chi connectivity index (χ1) is 8.70. The summed E-state index contributed by atoms with van der Waals surface area (Å²) in [4.78, 5) is 13.2. The quantitative estimate of drug-likeness (QED) is 0.790. The number of amides is 1. The molecule has 1 aromatic heterocycles. The van der Waals surface area contributed by atoms with E-state index in [4.69, 9.17) is 4.42 Å². The van der Waals surface area contributed by atoms with E-state index in [1.807, 2.05) is 18.7 Å². The second kappa shape index (κ2) is 5.81. The minimum atomic E-state index is 0.0444. The zero-order valence-electron chi connectivity index (χ0n) is 10.8. The monoisotopic (exact) mass is 253 g/mol. The lowest BCUT2D eigenvalue weighted by molar-refractivity contribution is -0.120. The molecule has 2 N–H and O–H groups in total. The maximum absolute atomic E-state index is 11.2. The summed E-state index contributed by atoms with van der Waals surface area (Å²) >= 11 is 0. The van der Waals surface area contributed by atoms with Gasteiger partial charge in [-0.25, -0.2) is 0 Å². The van der Waals surface area contributed by atoms with Crippen LogP contribution in [0.25, 0.3) is 0 Å². The van der Waals surface area contributed by atoms with Gasteiger partial charge in [0.05, 0.1) is 6.04 Å². The maximum atomic E-state index is 11.2. The van der Waals surface area contributed by atoms with Crippen LogP contribution in [-0.2, 0) is 4.79 Å². The molecular formula is C11H19N5O2. The smallest absolute Gasteiger partial charge is 0.318 e. The van der Waals surface area contributed by atoms with Crippen molar-refractivity contribution in [3.8, 4) is 0 Å². The number of nitrogens with zero attached hydrogens (tertiary/aromatic N) is 3. The molecule has 0 aliphatic carbocycles. The Bertz CT molecular complexity index is 406. The summed E-state index contributed by atoms with van der Waals surface area (Å²) in [6.45, 7) is 6.78. The number of hydrogen-bond acceptors (Lipinski definition) is 6. The lowest BCUT2D eigenvalue weighted by atomic mass is 10.3. The number of anilines is 1. The van der Waals surface area contributed by atoms with Crippen molar-refractivity contribution in [3.05, 3.63) is 5.89 Å². The summed E-state index contributed by atoms with van der Waals surface area (Å²) in [6, 6.07) is 0.536. The number of nitrogens with one attached hydrogen (secondary N) is 2. The van der Waals surface area contributed by atoms with Gasteiger partial charge in [0.2, 0.25) is 11.8 Å². The van der Waals surface area contributed by atoms with Gasteiger partial charge >= 0.3 is 6.01 Å². The Kier molecular flexibility index (Phi) is 4.14. The first kappa shape index (κ1) is 12.8. The van der Waals surface area contributed by atoms with E-state index < -0.39 is 0 Å². The molecule has 1 unspecified atom stereocenters. The summed E-state index contributed by atoms with van der Waals surface area (Å²) < 4.78 is 5.63. The van der Waals surface area contributed by atoms with Crippen molar-refractivity contribution in [3.63, 3.8) is 0 Å². The van der Waals surface area contributed by atoms with Crippen LogP contribution in [0.15, 0.2) is 4.42 Å². The fourth-order valence-corrected chi connectivity index (χ4v) is 1.88. The average molecular weight is 253 g/mol. The van der Waals surface area contributed by atoms with E-state index in [0.29, 0.717) is 38.0 Å². The molecule has 1 amide bonds. The van der Waals surface area contributed by atoms with Crippen molar-refractivity contribution in [1.82, 2.24) is 20.8 Å². The normalized spacial score (nSPS) is 18.3. The highest BCUT2D eigenvalue weighted by molar-refractivity contribution is 5.76. The summed E-state index contributed by atoms with van der Waals surface area (Å²) in [7, 11) is 0. The predicted octanol–water partition coefficient (Wildman–Crippen LogP) is 0.0664. The van der Waals surface area contributed by atoms with Crippen LogP contribution in [-0.4, -0.2) is 42.3 Å². The summed E-state index contributed by atoms with van der Waals surface area (Å²) in [5.74, 6) is 0.647. The molecule has 1 aromatic rings. The Labute approximate surface area is 106 Å². The highest BCUT2D eigenvalue weighted by atomic mass is 16.4. The molecule has 0 spiro atoms. The van der Waals surface area contributed by atoms with Crippen LogP contribution in [0.3, 0.4) is 0 Å². The molecule has 7 heteroatoms. The van der Waals surface area contributed by atoms with E-state index in [1.54, 1.807) is 0 Å². The van der Waals surface area contributed by atoms with Gasteiger partial charge in [-0.1, -0.05) is 12.0 Å². The zero-order valence-corrected chi connectivity index (χ0v) is 10.8. The van der Waals surface area contributed by atoms with Crippen LogP contribution in [0.5, 0.6) is 0 Å². The molecule has 0 saturated carbocycles. The Morgan fingerprint density at radius 1 is 1.50 bits per heavy atom. The van der Waals surface area contributed by atoms with Crippen molar-refractivity contribution in [1.29, 1.82) is 0 Å². The molecule has 1 atom stereocenters. The zero-order chi connectivity index (χ0) is 13.0. The molecule has 0 bridgehead atoms. The molecule has 1 fully saturated rings. The van der Waals surface area contributed by atoms with Gasteiger partial charge in [-0.05, 0) is 13.5 Å². The second-order valence-corrected chi connectivity index (χ2v) is 4.29. The number of carbonyl (C=O) groups is 1. The SMILES string of the molecule is CCNC(C)c1nnc(N2CCNC(=O)CC2)o1. The molecule has 1 aliphatic heterocycles. The number of hydrogen-bond donors (Lipinski definition) is 2. The second-order valence-electron chi connectivity index (χ2n) is 4.29. The van der Waals surface area contributed by atoms with E-state index in [0.717, 1.165) is 6.54 Å². The van der Waals surface area contributed by atoms with Crippen molar-refractivity contribution in [2.24, 2.45) is 0 Å². The molecule has 18 heavy (non-hydrogen) atoms. The van der Waals surface area contributed by atoms with Crippen molar-refractivity contribution in [2.75, 3.05) is 31.1 Å². The Morgan fingerprint density at radius 3 is 3.11 bits per heavy atom. The van der Waals surface area contributed by atoms with Crippen LogP contribution in [0.2, 0.25) is 0 Å². The van der Waals surface area contributed by atoms with Crippen molar-refractivity contribution in [2.45, 2.75) is 26.3 Å². The summed E-state index contributed by atoms with van der Waals surface area (Å²) in [5, 5.41) is 14.1. The standard InChI is InChI=1S/C11H19N5O2/c1-3-12-8(2)10-14-15-11(18-10)16-6-4-9(17)13-5-7-16/h8,12H,3-7H2,1-2H3,(H,13,17). The molecule has 0 aromatic carbocycles. The van der Waals surface area contributed by atoms with Gasteiger partial charge in [-0.15, -0.1) is 5.10 Å². The van der Waals surface area contributed by atoms with Crippen LogP contribution < -0.4 is 15.5 Å². The van der Waals surface area contributed by atoms with Crippen LogP contribution in [0.4, 0.5) is 6.01 Å². The molecule has 2 heterocycles. The van der Waals surface area contributed by atoms with Crippen LogP contribution in [0, 0.1) is 0 Å². The van der Waals surface area contributed by atoms with E-state index >= 15 is 0 Å². The third kappa shape index (κ3) is 2.98. The van der Waals surface area contributed by atoms with Crippen molar-refractivity contribution >= 4 is 11.9 Å². The first-order valence-electron chi connectivity index (χ1n) is 6.29. The topological polar surface area (TPSA) is 83.3 Å². The average Bonchev–Trinajstić information content (AvgIpc) is 2.74. The van der Waals surface area contributed by atoms with Gasteiger partial charge < -0.3 is 20.0 Å². The molecule has 100 valence electrons. The van der Waals surface area contributed by atoms with Gasteiger partial charge in [0.25, 0.3) is 0 Å². The number of carbonyl (C=O) groups excluding carboxylic acids is 1. The summed E-state index contributed by atoms with van der Waals surface area (Å²) in [5.41, 5.74) is 0. The van der Waals surface area contributed by atoms with Crippen LogP contribution >= 0.6 is 0 Å². The third-order valence-corrected chi connectivity index (χ3v) is 2.89. The lowest BCUT2D eigenvalue weighted by Gasteiger charge is -2.15. The van der Waals surface area contributed by atoms with E-state index in [1.165, 1.54) is 0 Å². The number of rotatable bonds is 4. The Balaban J connectivity index is 2.02. The fraction of sp³-hybridized carbons (Fsp3) is 0.727. The van der Waals surface area contributed by atoms with Gasteiger partial charge in [0.1, 0.15) is 0 Å². The van der Waals surface area contributed by atoms with E-state index in [2.05, 4.69) is 20.8 Å².